The van der Waals surface area contributed by atoms with Crippen LogP contribution in [0.3, 0.4) is 0 Å². The van der Waals surface area contributed by atoms with Crippen LogP contribution in [0.5, 0.6) is 5.75 Å². The molecular weight excluding hydrogens is 142 g/mol. The Morgan fingerprint density at radius 3 is 2.91 bits per heavy atom. The van der Waals surface area contributed by atoms with Gasteiger partial charge in [0.1, 0.15) is 5.75 Å². The molecule has 0 aliphatic heterocycles. The Labute approximate surface area is 64.7 Å². The number of pyridine rings is 1. The third kappa shape index (κ3) is 1.55. The molecule has 0 aliphatic rings. The molecule has 0 fully saturated rings. The Kier molecular flexibility index (Phi) is 2.21. The van der Waals surface area contributed by atoms with Crippen molar-refractivity contribution in [1.82, 2.24) is 4.98 Å². The van der Waals surface area contributed by atoms with E-state index in [0.717, 1.165) is 0 Å². The van der Waals surface area contributed by atoms with Crippen molar-refractivity contribution in [2.24, 2.45) is 0 Å². The van der Waals surface area contributed by atoms with Gasteiger partial charge in [0.15, 0.2) is 6.29 Å². The summed E-state index contributed by atoms with van der Waals surface area (Å²) >= 11 is 0. The zero-order chi connectivity index (χ0) is 8.27. The second-order valence-electron chi connectivity index (χ2n) is 2.21. The lowest BCUT2D eigenvalue weighted by molar-refractivity contribution is 0.112. The number of rotatable bonds is 2. The summed E-state index contributed by atoms with van der Waals surface area (Å²) in [6.45, 7) is 1.89. The highest BCUT2D eigenvalue weighted by atomic mass is 16.3. The number of hydrogen-bond acceptors (Lipinski definition) is 3. The monoisotopic (exact) mass is 151 g/mol. The van der Waals surface area contributed by atoms with Gasteiger partial charge in [-0.3, -0.25) is 9.78 Å². The first kappa shape index (κ1) is 7.72. The fourth-order valence-corrected chi connectivity index (χ4v) is 0.834. The number of hydrogen-bond donors (Lipinski definition) is 1. The van der Waals surface area contributed by atoms with Gasteiger partial charge in [-0.2, -0.15) is 0 Å². The van der Waals surface area contributed by atoms with Crippen molar-refractivity contribution in [2.45, 2.75) is 13.3 Å². The summed E-state index contributed by atoms with van der Waals surface area (Å²) in [6.07, 6.45) is 2.78. The molecule has 58 valence electrons. The number of nitrogens with zero attached hydrogens (tertiary/aromatic N) is 1. The van der Waals surface area contributed by atoms with Gasteiger partial charge in [-0.15, -0.1) is 0 Å². The van der Waals surface area contributed by atoms with Crippen LogP contribution in [0.1, 0.15) is 23.0 Å². The van der Waals surface area contributed by atoms with Crippen LogP contribution in [0.25, 0.3) is 0 Å². The normalized spacial score (nSPS) is 9.55. The molecular formula is C8H9NO2. The number of carbonyl (C=O) groups is 1. The summed E-state index contributed by atoms with van der Waals surface area (Å²) in [5, 5.41) is 9.20. The highest BCUT2D eigenvalue weighted by Crippen LogP contribution is 2.14. The molecule has 0 atom stereocenters. The maximum atomic E-state index is 10.2. The van der Waals surface area contributed by atoms with Crippen molar-refractivity contribution in [1.29, 1.82) is 0 Å². The van der Waals surface area contributed by atoms with E-state index in [0.29, 0.717) is 24.0 Å². The van der Waals surface area contributed by atoms with E-state index >= 15 is 0 Å². The van der Waals surface area contributed by atoms with Crippen LogP contribution in [-0.2, 0) is 6.42 Å². The first-order valence-electron chi connectivity index (χ1n) is 3.41. The number of aromatic nitrogens is 1. The van der Waals surface area contributed by atoms with E-state index in [1.54, 1.807) is 0 Å². The predicted octanol–water partition coefficient (Wildman–Crippen LogP) is 1.16. The van der Waals surface area contributed by atoms with E-state index in [1.807, 2.05) is 6.92 Å². The minimum atomic E-state index is 0.0945. The summed E-state index contributed by atoms with van der Waals surface area (Å²) in [6, 6.07) is 1.42. The smallest absolute Gasteiger partial charge is 0.151 e. The van der Waals surface area contributed by atoms with Crippen LogP contribution in [-0.4, -0.2) is 16.4 Å². The highest BCUT2D eigenvalue weighted by Gasteiger charge is 2.00. The fraction of sp³-hybridized carbons (Fsp3) is 0.250. The summed E-state index contributed by atoms with van der Waals surface area (Å²) < 4.78 is 0. The molecule has 0 amide bonds. The Morgan fingerprint density at radius 1 is 1.73 bits per heavy atom. The van der Waals surface area contributed by atoms with Crippen LogP contribution in [0, 0.1) is 0 Å². The molecule has 11 heavy (non-hydrogen) atoms. The highest BCUT2D eigenvalue weighted by molar-refractivity contribution is 5.74. The fourth-order valence-electron chi connectivity index (χ4n) is 0.834. The third-order valence-electron chi connectivity index (χ3n) is 1.44. The Hall–Kier alpha value is -1.38. The quantitative estimate of drug-likeness (QED) is 0.645. The average Bonchev–Trinajstić information content (AvgIpc) is 2.04. The van der Waals surface area contributed by atoms with Crippen LogP contribution in [0.2, 0.25) is 0 Å². The van der Waals surface area contributed by atoms with Gasteiger partial charge < -0.3 is 5.11 Å². The summed E-state index contributed by atoms with van der Waals surface area (Å²) in [5.74, 6) is 0.0945. The van der Waals surface area contributed by atoms with Crippen LogP contribution < -0.4 is 0 Å². The molecule has 0 aliphatic carbocycles. The van der Waals surface area contributed by atoms with Gasteiger partial charge in [0.05, 0.1) is 5.69 Å². The van der Waals surface area contributed by atoms with Gasteiger partial charge in [-0.25, -0.2) is 0 Å². The zero-order valence-electron chi connectivity index (χ0n) is 6.24. The molecule has 1 rings (SSSR count). The van der Waals surface area contributed by atoms with Gasteiger partial charge >= 0.3 is 0 Å². The van der Waals surface area contributed by atoms with Gasteiger partial charge in [-0.1, -0.05) is 6.92 Å². The molecule has 0 spiro atoms. The molecule has 1 aromatic heterocycles. The van der Waals surface area contributed by atoms with E-state index < -0.39 is 0 Å². The molecule has 0 unspecified atom stereocenters. The molecule has 0 aromatic carbocycles. The van der Waals surface area contributed by atoms with Gasteiger partial charge in [0.2, 0.25) is 0 Å². The van der Waals surface area contributed by atoms with Crippen molar-refractivity contribution < 1.29 is 9.90 Å². The summed E-state index contributed by atoms with van der Waals surface area (Å²) in [5.41, 5.74) is 1.02. The Morgan fingerprint density at radius 2 is 2.45 bits per heavy atom. The van der Waals surface area contributed by atoms with E-state index in [9.17, 15) is 9.90 Å². The third-order valence-corrected chi connectivity index (χ3v) is 1.44. The van der Waals surface area contributed by atoms with Crippen LogP contribution >= 0.6 is 0 Å². The lowest BCUT2D eigenvalue weighted by Gasteiger charge is -1.98. The standard InChI is InChI=1S/C8H9NO2/c1-2-7-8(11)3-6(5-10)4-9-7/h3-5,11H,2H2,1H3. The second-order valence-corrected chi connectivity index (χ2v) is 2.21. The van der Waals surface area contributed by atoms with E-state index in [2.05, 4.69) is 4.98 Å². The molecule has 0 radical (unpaired) electrons. The first-order valence-corrected chi connectivity index (χ1v) is 3.41. The van der Waals surface area contributed by atoms with Gasteiger partial charge in [0.25, 0.3) is 0 Å². The molecule has 0 saturated carbocycles. The lowest BCUT2D eigenvalue weighted by atomic mass is 10.2. The number of aromatic hydroxyl groups is 1. The molecule has 1 heterocycles. The van der Waals surface area contributed by atoms with E-state index in [1.165, 1.54) is 12.3 Å². The van der Waals surface area contributed by atoms with Crippen molar-refractivity contribution >= 4 is 6.29 Å². The molecule has 0 saturated heterocycles. The largest absolute Gasteiger partial charge is 0.506 e. The van der Waals surface area contributed by atoms with Crippen molar-refractivity contribution in [3.8, 4) is 5.75 Å². The maximum absolute atomic E-state index is 10.2. The first-order chi connectivity index (χ1) is 5.27. The molecule has 0 bridgehead atoms. The van der Waals surface area contributed by atoms with E-state index in [4.69, 9.17) is 0 Å². The van der Waals surface area contributed by atoms with Gasteiger partial charge in [0, 0.05) is 11.8 Å². The SMILES string of the molecule is CCc1ncc(C=O)cc1O. The minimum Gasteiger partial charge on any atom is -0.506 e. The van der Waals surface area contributed by atoms with Crippen LogP contribution in [0.15, 0.2) is 12.3 Å². The summed E-state index contributed by atoms with van der Waals surface area (Å²) in [4.78, 5) is 14.1. The zero-order valence-corrected chi connectivity index (χ0v) is 6.24. The average molecular weight is 151 g/mol. The topological polar surface area (TPSA) is 50.2 Å². The number of aryl methyl sites for hydroxylation is 1. The van der Waals surface area contributed by atoms with Gasteiger partial charge in [-0.05, 0) is 12.5 Å². The maximum Gasteiger partial charge on any atom is 0.151 e. The predicted molar refractivity (Wildman–Crippen MR) is 40.7 cm³/mol. The number of aldehydes is 1. The Balaban J connectivity index is 3.09. The molecule has 3 nitrogen and oxygen atoms in total. The minimum absolute atomic E-state index is 0.0945. The van der Waals surface area contributed by atoms with E-state index in [-0.39, 0.29) is 5.75 Å². The van der Waals surface area contributed by atoms with Crippen LogP contribution in [0.4, 0.5) is 0 Å². The second kappa shape index (κ2) is 3.14. The Bertz CT molecular complexity index is 271. The van der Waals surface area contributed by atoms with Crippen molar-refractivity contribution in [3.63, 3.8) is 0 Å². The van der Waals surface area contributed by atoms with Crippen molar-refractivity contribution in [3.05, 3.63) is 23.5 Å². The summed E-state index contributed by atoms with van der Waals surface area (Å²) in [7, 11) is 0. The lowest BCUT2D eigenvalue weighted by Crippen LogP contribution is -1.89. The molecule has 3 heteroatoms. The molecule has 1 aromatic rings. The molecule has 1 N–H and O–H groups in total. The number of carbonyl (C=O) groups excluding carboxylic acids is 1. The van der Waals surface area contributed by atoms with Crippen molar-refractivity contribution in [2.75, 3.05) is 0 Å².